The third kappa shape index (κ3) is 4.36. The minimum Gasteiger partial charge on any atom is -0.366 e. The fourth-order valence-electron chi connectivity index (χ4n) is 2.87. The number of nitrogens with one attached hydrogen (secondary N) is 1. The summed E-state index contributed by atoms with van der Waals surface area (Å²) in [6.07, 6.45) is 5.74. The van der Waals surface area contributed by atoms with Crippen molar-refractivity contribution in [3.05, 3.63) is 65.5 Å². The number of amides is 2. The molecular weight excluding hydrogens is 316 g/mol. The van der Waals surface area contributed by atoms with Crippen LogP contribution in [-0.2, 0) is 0 Å². The van der Waals surface area contributed by atoms with E-state index < -0.39 is 5.91 Å². The number of aromatic nitrogens is 1. The lowest BCUT2D eigenvalue weighted by atomic mass is 10.2. The van der Waals surface area contributed by atoms with Gasteiger partial charge in [0, 0.05) is 38.9 Å². The molecule has 1 saturated heterocycles. The highest BCUT2D eigenvalue weighted by Gasteiger charge is 2.22. The van der Waals surface area contributed by atoms with Gasteiger partial charge in [0.05, 0.1) is 5.56 Å². The Bertz CT molecular complexity index is 759. The van der Waals surface area contributed by atoms with Crippen LogP contribution in [-0.4, -0.2) is 59.3 Å². The van der Waals surface area contributed by atoms with Gasteiger partial charge in [-0.1, -0.05) is 42.5 Å². The molecule has 1 aliphatic rings. The second-order valence-electron chi connectivity index (χ2n) is 6.07. The fourth-order valence-corrected chi connectivity index (χ4v) is 2.87. The Balaban J connectivity index is 1.48. The van der Waals surface area contributed by atoms with Crippen LogP contribution in [0.5, 0.6) is 0 Å². The Labute approximate surface area is 146 Å². The number of benzene rings is 1. The van der Waals surface area contributed by atoms with Crippen LogP contribution in [0.2, 0.25) is 0 Å². The molecule has 1 aliphatic heterocycles. The molecule has 0 atom stereocenters. The zero-order valence-corrected chi connectivity index (χ0v) is 14.0. The van der Waals surface area contributed by atoms with E-state index >= 15 is 0 Å². The van der Waals surface area contributed by atoms with E-state index in [1.165, 1.54) is 17.8 Å². The summed E-state index contributed by atoms with van der Waals surface area (Å²) in [6.45, 7) is 3.86. The normalized spacial score (nSPS) is 15.6. The van der Waals surface area contributed by atoms with Gasteiger partial charge in [-0.2, -0.15) is 0 Å². The maximum atomic E-state index is 12.5. The van der Waals surface area contributed by atoms with E-state index in [2.05, 4.69) is 34.2 Å². The lowest BCUT2D eigenvalue weighted by Crippen LogP contribution is -2.48. The Hall–Kier alpha value is -2.86. The van der Waals surface area contributed by atoms with Crippen molar-refractivity contribution in [1.29, 1.82) is 0 Å². The summed E-state index contributed by atoms with van der Waals surface area (Å²) in [7, 11) is 0. The van der Waals surface area contributed by atoms with Gasteiger partial charge in [-0.25, -0.2) is 0 Å². The zero-order valence-electron chi connectivity index (χ0n) is 14.0. The number of rotatable bonds is 5. The summed E-state index contributed by atoms with van der Waals surface area (Å²) in [5.74, 6) is -0.627. The van der Waals surface area contributed by atoms with Gasteiger partial charge >= 0.3 is 0 Å². The highest BCUT2D eigenvalue weighted by atomic mass is 16.2. The van der Waals surface area contributed by atoms with Gasteiger partial charge in [0.2, 0.25) is 5.91 Å². The van der Waals surface area contributed by atoms with E-state index in [-0.39, 0.29) is 5.91 Å². The quantitative estimate of drug-likeness (QED) is 0.868. The van der Waals surface area contributed by atoms with Crippen LogP contribution in [0.1, 0.15) is 26.4 Å². The third-order valence-electron chi connectivity index (χ3n) is 4.33. The molecular formula is C19H22N4O2. The van der Waals surface area contributed by atoms with E-state index in [1.807, 2.05) is 18.2 Å². The molecule has 0 radical (unpaired) electrons. The molecule has 2 amide bonds. The molecule has 1 aromatic heterocycles. The molecule has 3 N–H and O–H groups in total. The van der Waals surface area contributed by atoms with Crippen LogP contribution in [0.25, 0.3) is 6.08 Å². The summed E-state index contributed by atoms with van der Waals surface area (Å²) in [4.78, 5) is 30.5. The molecule has 0 spiro atoms. The van der Waals surface area contributed by atoms with E-state index in [1.54, 1.807) is 4.90 Å². The number of hydrogen-bond acceptors (Lipinski definition) is 3. The number of carbonyl (C=O) groups excluding carboxylic acids is 2. The van der Waals surface area contributed by atoms with Crippen molar-refractivity contribution in [2.75, 3.05) is 32.7 Å². The van der Waals surface area contributed by atoms with Crippen molar-refractivity contribution < 1.29 is 9.59 Å². The summed E-state index contributed by atoms with van der Waals surface area (Å²) in [6, 6.07) is 11.7. The lowest BCUT2D eigenvalue weighted by molar-refractivity contribution is 0.0645. The van der Waals surface area contributed by atoms with E-state index in [0.29, 0.717) is 24.3 Å². The lowest BCUT2D eigenvalue weighted by Gasteiger charge is -2.33. The topological polar surface area (TPSA) is 82.4 Å². The molecule has 3 rings (SSSR count). The second kappa shape index (κ2) is 7.81. The number of hydrogen-bond donors (Lipinski definition) is 2. The molecule has 130 valence electrons. The monoisotopic (exact) mass is 338 g/mol. The number of piperazine rings is 1. The van der Waals surface area contributed by atoms with Crippen molar-refractivity contribution in [3.8, 4) is 0 Å². The molecule has 0 saturated carbocycles. The minimum absolute atomic E-state index is 0.0908. The number of nitrogens with two attached hydrogens (primary N) is 1. The van der Waals surface area contributed by atoms with Crippen LogP contribution in [0, 0.1) is 0 Å². The summed E-state index contributed by atoms with van der Waals surface area (Å²) < 4.78 is 0. The average molecular weight is 338 g/mol. The molecule has 2 aromatic rings. The Morgan fingerprint density at radius 3 is 2.48 bits per heavy atom. The van der Waals surface area contributed by atoms with E-state index in [4.69, 9.17) is 5.73 Å². The molecule has 0 unspecified atom stereocenters. The number of aromatic amines is 1. The predicted molar refractivity (Wildman–Crippen MR) is 97.1 cm³/mol. The Morgan fingerprint density at radius 1 is 1.12 bits per heavy atom. The Kier molecular flexibility index (Phi) is 5.30. The van der Waals surface area contributed by atoms with Crippen LogP contribution >= 0.6 is 0 Å². The Morgan fingerprint density at radius 2 is 1.84 bits per heavy atom. The molecule has 6 heteroatoms. The smallest absolute Gasteiger partial charge is 0.270 e. The molecule has 2 heterocycles. The van der Waals surface area contributed by atoms with Crippen LogP contribution in [0.3, 0.4) is 0 Å². The summed E-state index contributed by atoms with van der Waals surface area (Å²) in [5.41, 5.74) is 7.14. The number of nitrogens with zero attached hydrogens (tertiary/aromatic N) is 2. The average Bonchev–Trinajstić information content (AvgIpc) is 3.13. The number of primary amides is 1. The van der Waals surface area contributed by atoms with Gasteiger partial charge < -0.3 is 15.6 Å². The first kappa shape index (κ1) is 17.0. The van der Waals surface area contributed by atoms with Crippen LogP contribution < -0.4 is 5.73 Å². The first-order valence-electron chi connectivity index (χ1n) is 8.35. The minimum atomic E-state index is -0.537. The maximum Gasteiger partial charge on any atom is 0.270 e. The van der Waals surface area contributed by atoms with Crippen molar-refractivity contribution >= 4 is 17.9 Å². The standard InChI is InChI=1S/C19H22N4O2/c20-18(24)16-13-17(21-14-16)19(25)23-11-9-22(10-12-23)8-4-7-15-5-2-1-3-6-15/h1-7,13-14,21H,8-12H2,(H2,20,24)/b7-4+. The van der Waals surface area contributed by atoms with Gasteiger partial charge in [-0.3, -0.25) is 14.5 Å². The third-order valence-corrected chi connectivity index (χ3v) is 4.33. The fraction of sp³-hybridized carbons (Fsp3) is 0.263. The van der Waals surface area contributed by atoms with Crippen molar-refractivity contribution in [1.82, 2.24) is 14.8 Å². The van der Waals surface area contributed by atoms with Gasteiger partial charge in [0.1, 0.15) is 5.69 Å². The van der Waals surface area contributed by atoms with E-state index in [0.717, 1.165) is 19.6 Å². The summed E-state index contributed by atoms with van der Waals surface area (Å²) in [5, 5.41) is 0. The largest absolute Gasteiger partial charge is 0.366 e. The number of carbonyl (C=O) groups is 2. The van der Waals surface area contributed by atoms with Gasteiger partial charge in [0.25, 0.3) is 5.91 Å². The highest BCUT2D eigenvalue weighted by Crippen LogP contribution is 2.10. The molecule has 1 fully saturated rings. The zero-order chi connectivity index (χ0) is 17.6. The summed E-state index contributed by atoms with van der Waals surface area (Å²) >= 11 is 0. The highest BCUT2D eigenvalue weighted by molar-refractivity contribution is 5.98. The van der Waals surface area contributed by atoms with Crippen molar-refractivity contribution in [2.45, 2.75) is 0 Å². The van der Waals surface area contributed by atoms with Crippen molar-refractivity contribution in [2.24, 2.45) is 5.73 Å². The SMILES string of the molecule is NC(=O)c1c[nH]c(C(=O)N2CCN(C/C=C/c3ccccc3)CC2)c1. The van der Waals surface area contributed by atoms with Crippen LogP contribution in [0.15, 0.2) is 48.7 Å². The van der Waals surface area contributed by atoms with Gasteiger partial charge in [0.15, 0.2) is 0 Å². The second-order valence-corrected chi connectivity index (χ2v) is 6.07. The van der Waals surface area contributed by atoms with Crippen molar-refractivity contribution in [3.63, 3.8) is 0 Å². The van der Waals surface area contributed by atoms with Gasteiger partial charge in [-0.15, -0.1) is 0 Å². The molecule has 0 aliphatic carbocycles. The first-order valence-corrected chi connectivity index (χ1v) is 8.35. The molecule has 25 heavy (non-hydrogen) atoms. The first-order chi connectivity index (χ1) is 12.1. The van der Waals surface area contributed by atoms with Gasteiger partial charge in [-0.05, 0) is 11.6 Å². The molecule has 0 bridgehead atoms. The maximum absolute atomic E-state index is 12.5. The van der Waals surface area contributed by atoms with E-state index in [9.17, 15) is 9.59 Å². The molecule has 1 aromatic carbocycles. The molecule has 6 nitrogen and oxygen atoms in total. The number of H-pyrrole nitrogens is 1. The van der Waals surface area contributed by atoms with Crippen LogP contribution in [0.4, 0.5) is 0 Å². The predicted octanol–water partition coefficient (Wildman–Crippen LogP) is 1.58.